The Morgan fingerprint density at radius 1 is 1.07 bits per heavy atom. The number of aromatic amines is 1. The molecule has 45 heavy (non-hydrogen) atoms. The SMILES string of the molecule is CC(=O)N1CC[C@H]2CC[C@@H](C(=O)N(C)c3ccc(F)cc3)N2C(=O)[C@@H](NC(=O)c2cc3cc(C(F)(F)P(=O)(O)O)ccc3[nH]2)C1. The maximum Gasteiger partial charge on any atom is 0.399 e. The van der Waals surface area contributed by atoms with E-state index in [0.717, 1.165) is 18.2 Å². The van der Waals surface area contributed by atoms with Crippen LogP contribution in [0, 0.1) is 5.82 Å². The molecule has 3 atom stereocenters. The van der Waals surface area contributed by atoms with E-state index in [2.05, 4.69) is 10.3 Å². The van der Waals surface area contributed by atoms with E-state index in [0.29, 0.717) is 24.9 Å². The number of carbonyl (C=O) groups excluding carboxylic acids is 4. The third-order valence-electron chi connectivity index (χ3n) is 8.35. The van der Waals surface area contributed by atoms with E-state index < -0.39 is 60.5 Å². The van der Waals surface area contributed by atoms with Crippen molar-refractivity contribution in [2.24, 2.45) is 0 Å². The van der Waals surface area contributed by atoms with E-state index in [1.807, 2.05) is 0 Å². The molecule has 16 heteroatoms. The Balaban J connectivity index is 1.41. The second-order valence-electron chi connectivity index (χ2n) is 11.2. The van der Waals surface area contributed by atoms with Crippen LogP contribution in [0.5, 0.6) is 0 Å². The summed E-state index contributed by atoms with van der Waals surface area (Å²) in [5.74, 6) is -2.57. The number of amides is 4. The average molecular weight is 650 g/mol. The van der Waals surface area contributed by atoms with Gasteiger partial charge in [0.1, 0.15) is 23.6 Å². The van der Waals surface area contributed by atoms with Crippen molar-refractivity contribution in [2.45, 2.75) is 50.0 Å². The molecule has 0 unspecified atom stereocenters. The molecule has 2 aromatic carbocycles. The number of nitrogens with one attached hydrogen (secondary N) is 2. The fraction of sp³-hybridized carbons (Fsp3) is 0.379. The smallest absolute Gasteiger partial charge is 0.351 e. The molecule has 0 aliphatic carbocycles. The van der Waals surface area contributed by atoms with Crippen LogP contribution in [0.4, 0.5) is 18.9 Å². The van der Waals surface area contributed by atoms with Gasteiger partial charge in [0, 0.05) is 55.3 Å². The monoisotopic (exact) mass is 649 g/mol. The molecule has 2 fully saturated rings. The molecule has 4 N–H and O–H groups in total. The zero-order valence-corrected chi connectivity index (χ0v) is 25.1. The van der Waals surface area contributed by atoms with Crippen molar-refractivity contribution >= 4 is 47.8 Å². The number of halogens is 3. The van der Waals surface area contributed by atoms with Gasteiger partial charge in [0.25, 0.3) is 5.91 Å². The van der Waals surface area contributed by atoms with E-state index in [1.165, 1.54) is 59.0 Å². The minimum absolute atomic E-state index is 0.0641. The zero-order valence-electron chi connectivity index (χ0n) is 24.2. The van der Waals surface area contributed by atoms with Crippen molar-refractivity contribution in [3.8, 4) is 0 Å². The molecule has 2 saturated heterocycles. The first-order valence-corrected chi connectivity index (χ1v) is 15.7. The van der Waals surface area contributed by atoms with Crippen LogP contribution in [0.3, 0.4) is 0 Å². The highest BCUT2D eigenvalue weighted by atomic mass is 31.2. The minimum atomic E-state index is -5.82. The van der Waals surface area contributed by atoms with Gasteiger partial charge in [-0.3, -0.25) is 23.7 Å². The van der Waals surface area contributed by atoms with Gasteiger partial charge in [0.15, 0.2) is 0 Å². The summed E-state index contributed by atoms with van der Waals surface area (Å²) < 4.78 is 53.3. The Hall–Kier alpha value is -4.20. The van der Waals surface area contributed by atoms with Gasteiger partial charge in [-0.15, -0.1) is 0 Å². The van der Waals surface area contributed by atoms with Crippen molar-refractivity contribution in [3.63, 3.8) is 0 Å². The zero-order chi connectivity index (χ0) is 32.8. The van der Waals surface area contributed by atoms with Crippen LogP contribution < -0.4 is 10.2 Å². The number of anilines is 1. The van der Waals surface area contributed by atoms with Crippen LogP contribution in [0.1, 0.15) is 42.2 Å². The number of carbonyl (C=O) groups is 4. The number of rotatable bonds is 6. The van der Waals surface area contributed by atoms with Gasteiger partial charge in [-0.2, -0.15) is 8.78 Å². The minimum Gasteiger partial charge on any atom is -0.351 e. The summed E-state index contributed by atoms with van der Waals surface area (Å²) in [5, 5.41) is 2.68. The van der Waals surface area contributed by atoms with Crippen molar-refractivity contribution < 1.29 is 46.7 Å². The Bertz CT molecular complexity index is 1710. The Labute approximate surface area is 255 Å². The first kappa shape index (κ1) is 32.2. The van der Waals surface area contributed by atoms with Crippen LogP contribution in [-0.2, 0) is 24.6 Å². The summed E-state index contributed by atoms with van der Waals surface area (Å²) in [5.41, 5.74) is -4.88. The van der Waals surface area contributed by atoms with Crippen molar-refractivity contribution in [1.82, 2.24) is 20.1 Å². The lowest BCUT2D eigenvalue weighted by Crippen LogP contribution is -2.61. The Morgan fingerprint density at radius 2 is 1.76 bits per heavy atom. The quantitative estimate of drug-likeness (QED) is 0.299. The van der Waals surface area contributed by atoms with Crippen molar-refractivity contribution in [1.29, 1.82) is 0 Å². The summed E-state index contributed by atoms with van der Waals surface area (Å²) in [6.45, 7) is 1.43. The highest BCUT2D eigenvalue weighted by Crippen LogP contribution is 2.59. The number of H-pyrrole nitrogens is 1. The second-order valence-corrected chi connectivity index (χ2v) is 12.9. The van der Waals surface area contributed by atoms with Gasteiger partial charge >= 0.3 is 13.3 Å². The van der Waals surface area contributed by atoms with Gasteiger partial charge in [0.2, 0.25) is 17.7 Å². The van der Waals surface area contributed by atoms with Crippen LogP contribution in [0.2, 0.25) is 0 Å². The molecule has 0 saturated carbocycles. The summed E-state index contributed by atoms with van der Waals surface area (Å²) in [6, 6.07) is 6.81. The fourth-order valence-corrected chi connectivity index (χ4v) is 6.35. The second kappa shape index (κ2) is 12.0. The lowest BCUT2D eigenvalue weighted by Gasteiger charge is -2.39. The van der Waals surface area contributed by atoms with Crippen LogP contribution in [-0.4, -0.2) is 86.5 Å². The molecule has 0 radical (unpaired) electrons. The molecule has 3 aromatic rings. The van der Waals surface area contributed by atoms with E-state index in [4.69, 9.17) is 9.79 Å². The third-order valence-corrected chi connectivity index (χ3v) is 9.34. The number of aromatic nitrogens is 1. The topological polar surface area (TPSA) is 163 Å². The molecule has 4 amide bonds. The fourth-order valence-electron chi connectivity index (χ4n) is 5.87. The predicted octanol–water partition coefficient (Wildman–Crippen LogP) is 2.91. The first-order chi connectivity index (χ1) is 21.1. The first-order valence-electron chi connectivity index (χ1n) is 14.1. The molecular formula is C29H31F3N5O7P. The van der Waals surface area contributed by atoms with Crippen LogP contribution in [0.25, 0.3) is 10.9 Å². The number of likely N-dealkylation sites (N-methyl/N-ethyl adjacent to an activating group) is 1. The van der Waals surface area contributed by atoms with E-state index in [1.54, 1.807) is 0 Å². The van der Waals surface area contributed by atoms with Gasteiger partial charge in [-0.25, -0.2) is 4.39 Å². The lowest BCUT2D eigenvalue weighted by molar-refractivity contribution is -0.144. The van der Waals surface area contributed by atoms with Gasteiger partial charge in [0.05, 0.1) is 0 Å². The van der Waals surface area contributed by atoms with E-state index in [-0.39, 0.29) is 35.6 Å². The standard InChI is InChI=1S/C29H31F3N5O7P/c1-16(38)36-12-11-21-8-10-25(28(41)35(2)20-6-4-19(30)5-7-20)37(21)27(40)24(15-36)34-26(39)23-14-17-13-18(3-9-22(17)33-23)29(31,32)45(42,43)44/h3-7,9,13-14,21,24-25,33H,8,10-12,15H2,1-2H3,(H,34,39)(H2,42,43,44)/t21-,24+,25+/m1/s1. The highest BCUT2D eigenvalue weighted by Gasteiger charge is 2.50. The molecule has 240 valence electrons. The summed E-state index contributed by atoms with van der Waals surface area (Å²) in [4.78, 5) is 78.5. The molecule has 12 nitrogen and oxygen atoms in total. The molecule has 0 bridgehead atoms. The Morgan fingerprint density at radius 3 is 2.40 bits per heavy atom. The van der Waals surface area contributed by atoms with E-state index >= 15 is 0 Å². The van der Waals surface area contributed by atoms with Crippen molar-refractivity contribution in [3.05, 3.63) is 65.6 Å². The Kier molecular flexibility index (Phi) is 8.55. The number of fused-ring (bicyclic) bond motifs is 2. The normalized spacial score (nSPS) is 20.9. The van der Waals surface area contributed by atoms with Gasteiger partial charge in [-0.05, 0) is 61.7 Å². The highest BCUT2D eigenvalue weighted by molar-refractivity contribution is 7.52. The van der Waals surface area contributed by atoms with Gasteiger partial charge < -0.3 is 34.8 Å². The maximum atomic E-state index is 14.3. The van der Waals surface area contributed by atoms with E-state index in [9.17, 15) is 36.9 Å². The predicted molar refractivity (Wildman–Crippen MR) is 156 cm³/mol. The average Bonchev–Trinajstić information content (AvgIpc) is 3.60. The summed E-state index contributed by atoms with van der Waals surface area (Å²) >= 11 is 0. The van der Waals surface area contributed by atoms with Crippen molar-refractivity contribution in [2.75, 3.05) is 25.0 Å². The summed E-state index contributed by atoms with van der Waals surface area (Å²) in [6.07, 6.45) is 1.24. The van der Waals surface area contributed by atoms with Gasteiger partial charge in [-0.1, -0.05) is 6.07 Å². The third kappa shape index (κ3) is 6.20. The molecular weight excluding hydrogens is 618 g/mol. The number of benzene rings is 2. The molecule has 3 heterocycles. The molecule has 2 aliphatic heterocycles. The molecule has 1 aromatic heterocycles. The maximum absolute atomic E-state index is 14.3. The number of alkyl halides is 2. The molecule has 2 aliphatic rings. The van der Waals surface area contributed by atoms with Crippen LogP contribution >= 0.6 is 7.60 Å². The van der Waals surface area contributed by atoms with Crippen LogP contribution in [0.15, 0.2) is 48.5 Å². The number of hydrogen-bond donors (Lipinski definition) is 4. The molecule has 0 spiro atoms. The number of nitrogens with zero attached hydrogens (tertiary/aromatic N) is 3. The number of hydrogen-bond acceptors (Lipinski definition) is 5. The largest absolute Gasteiger partial charge is 0.399 e. The lowest BCUT2D eigenvalue weighted by atomic mass is 10.1. The summed E-state index contributed by atoms with van der Waals surface area (Å²) in [7, 11) is -4.30. The molecule has 5 rings (SSSR count).